The number of rotatable bonds is 3. The van der Waals surface area contributed by atoms with Gasteiger partial charge in [-0.25, -0.2) is 9.37 Å². The minimum atomic E-state index is -1.21. The molecule has 1 fully saturated rings. The van der Waals surface area contributed by atoms with Crippen molar-refractivity contribution in [3.63, 3.8) is 0 Å². The molecule has 0 bridgehead atoms. The maximum absolute atomic E-state index is 14.1. The molecule has 0 N–H and O–H groups in total. The molecule has 3 unspecified atom stereocenters. The number of hydrogen-bond donors (Lipinski definition) is 0. The third-order valence-corrected chi connectivity index (χ3v) is 4.97. The topological polar surface area (TPSA) is 29.0 Å². The molecule has 3 nitrogen and oxygen atoms in total. The molecule has 22 heavy (non-hydrogen) atoms. The molecule has 2 aromatic heterocycles. The van der Waals surface area contributed by atoms with Gasteiger partial charge in [0.15, 0.2) is 0 Å². The quantitative estimate of drug-likeness (QED) is 0.808. The molecule has 3 atom stereocenters. The summed E-state index contributed by atoms with van der Waals surface area (Å²) in [5, 5.41) is -0.152. The normalized spacial score (nSPS) is 21.4. The van der Waals surface area contributed by atoms with Gasteiger partial charge in [-0.05, 0) is 23.9 Å². The van der Waals surface area contributed by atoms with E-state index in [9.17, 15) is 4.39 Å². The summed E-state index contributed by atoms with van der Waals surface area (Å²) in [4.78, 5) is 11.1. The Bertz CT molecular complexity index is 691. The molecule has 0 aromatic carbocycles. The van der Waals surface area contributed by atoms with Crippen molar-refractivity contribution in [1.82, 2.24) is 9.97 Å². The van der Waals surface area contributed by atoms with Gasteiger partial charge in [0.2, 0.25) is 0 Å². The van der Waals surface area contributed by atoms with Crippen molar-refractivity contribution >= 4 is 29.6 Å². The van der Waals surface area contributed by atoms with E-state index in [4.69, 9.17) is 0 Å². The molecule has 2 aromatic rings. The fourth-order valence-electron chi connectivity index (χ4n) is 2.94. The SMILES string of the molecule is CCc1c(-c2ncccc2P)ccnc1N1CCC(F)(P)C1. The Kier molecular flexibility index (Phi) is 4.43. The molecule has 0 aliphatic carbocycles. The molecule has 0 saturated carbocycles. The van der Waals surface area contributed by atoms with Crippen molar-refractivity contribution in [1.29, 1.82) is 0 Å². The highest BCUT2D eigenvalue weighted by Crippen LogP contribution is 2.37. The van der Waals surface area contributed by atoms with E-state index in [1.165, 1.54) is 0 Å². The minimum absolute atomic E-state index is 0.372. The molecule has 6 heteroatoms. The van der Waals surface area contributed by atoms with E-state index in [2.05, 4.69) is 35.4 Å². The van der Waals surface area contributed by atoms with Crippen LogP contribution in [0.5, 0.6) is 0 Å². The van der Waals surface area contributed by atoms with E-state index in [0.29, 0.717) is 19.5 Å². The third-order valence-electron chi connectivity index (χ3n) is 4.03. The zero-order valence-electron chi connectivity index (χ0n) is 12.6. The van der Waals surface area contributed by atoms with Crippen molar-refractivity contribution in [3.05, 3.63) is 36.2 Å². The van der Waals surface area contributed by atoms with E-state index in [-0.39, 0.29) is 0 Å². The lowest BCUT2D eigenvalue weighted by molar-refractivity contribution is 0.318. The molecular formula is C16H20FN3P2. The van der Waals surface area contributed by atoms with Gasteiger partial charge in [-0.15, -0.1) is 9.24 Å². The van der Waals surface area contributed by atoms with Crippen LogP contribution in [0.3, 0.4) is 0 Å². The third kappa shape index (κ3) is 3.00. The van der Waals surface area contributed by atoms with Gasteiger partial charge in [0, 0.05) is 36.5 Å². The highest BCUT2D eigenvalue weighted by atomic mass is 31.0. The van der Waals surface area contributed by atoms with Crippen LogP contribution in [-0.2, 0) is 6.42 Å². The molecule has 1 aliphatic rings. The second kappa shape index (κ2) is 6.18. The number of halogens is 1. The lowest BCUT2D eigenvalue weighted by atomic mass is 10.0. The van der Waals surface area contributed by atoms with Crippen LogP contribution in [-0.4, -0.2) is 28.5 Å². The Morgan fingerprint density at radius 2 is 2.14 bits per heavy atom. The number of nitrogens with zero attached hydrogens (tertiary/aromatic N) is 3. The standard InChI is InChI=1S/C16H20FN3P2/c1-2-11-12(14-13(21)4-3-7-18-14)5-8-19-15(11)20-9-6-16(17,22)10-20/h3-5,7-8H,2,6,9-10,21-22H2,1H3. The summed E-state index contributed by atoms with van der Waals surface area (Å²) in [6.07, 6.45) is 4.95. The van der Waals surface area contributed by atoms with Gasteiger partial charge in [-0.2, -0.15) is 0 Å². The van der Waals surface area contributed by atoms with Gasteiger partial charge >= 0.3 is 0 Å². The second-order valence-corrected chi connectivity index (χ2v) is 7.32. The lowest BCUT2D eigenvalue weighted by Gasteiger charge is -2.23. The Balaban J connectivity index is 2.07. The maximum atomic E-state index is 14.1. The van der Waals surface area contributed by atoms with Crippen molar-refractivity contribution in [2.24, 2.45) is 0 Å². The molecule has 116 valence electrons. The summed E-state index contributed by atoms with van der Waals surface area (Å²) in [5.74, 6) is 0.886. The number of alkyl halides is 1. The van der Waals surface area contributed by atoms with Gasteiger partial charge in [-0.3, -0.25) is 4.98 Å². The van der Waals surface area contributed by atoms with Crippen molar-refractivity contribution in [3.8, 4) is 11.3 Å². The molecule has 1 saturated heterocycles. The highest BCUT2D eigenvalue weighted by Gasteiger charge is 2.35. The first-order valence-electron chi connectivity index (χ1n) is 7.43. The minimum Gasteiger partial charge on any atom is -0.353 e. The molecule has 0 spiro atoms. The number of aromatic nitrogens is 2. The van der Waals surface area contributed by atoms with Gasteiger partial charge in [0.1, 0.15) is 11.2 Å². The number of pyridine rings is 2. The Labute approximate surface area is 135 Å². The van der Waals surface area contributed by atoms with E-state index in [1.807, 2.05) is 23.1 Å². The van der Waals surface area contributed by atoms with Crippen LogP contribution in [0.4, 0.5) is 10.2 Å². The Hall–Kier alpha value is -1.11. The first-order chi connectivity index (χ1) is 10.5. The second-order valence-electron chi connectivity index (χ2n) is 5.66. The van der Waals surface area contributed by atoms with Crippen LogP contribution in [0.2, 0.25) is 0 Å². The predicted octanol–water partition coefficient (Wildman–Crippen LogP) is 2.96. The van der Waals surface area contributed by atoms with Crippen LogP contribution in [0.1, 0.15) is 18.9 Å². The van der Waals surface area contributed by atoms with Crippen molar-refractivity contribution in [2.45, 2.75) is 25.2 Å². The van der Waals surface area contributed by atoms with Crippen LogP contribution < -0.4 is 10.2 Å². The zero-order valence-corrected chi connectivity index (χ0v) is 14.9. The first-order valence-corrected chi connectivity index (χ1v) is 8.59. The molecule has 1 aliphatic heterocycles. The average Bonchev–Trinajstić information content (AvgIpc) is 2.87. The van der Waals surface area contributed by atoms with E-state index < -0.39 is 5.41 Å². The molecular weight excluding hydrogens is 315 g/mol. The summed E-state index contributed by atoms with van der Waals surface area (Å²) in [6.45, 7) is 3.17. The fourth-order valence-corrected chi connectivity index (χ4v) is 3.63. The summed E-state index contributed by atoms with van der Waals surface area (Å²) < 4.78 is 14.1. The van der Waals surface area contributed by atoms with Crippen molar-refractivity contribution in [2.75, 3.05) is 18.0 Å². The largest absolute Gasteiger partial charge is 0.353 e. The van der Waals surface area contributed by atoms with Crippen molar-refractivity contribution < 1.29 is 4.39 Å². The summed E-state index contributed by atoms with van der Waals surface area (Å²) in [6, 6.07) is 5.95. The van der Waals surface area contributed by atoms with E-state index in [1.54, 1.807) is 12.4 Å². The number of hydrogen-bond acceptors (Lipinski definition) is 3. The van der Waals surface area contributed by atoms with Gasteiger partial charge in [-0.1, -0.05) is 22.2 Å². The predicted molar refractivity (Wildman–Crippen MR) is 96.6 cm³/mol. The summed E-state index contributed by atoms with van der Waals surface area (Å²) >= 11 is 0. The number of anilines is 1. The zero-order chi connectivity index (χ0) is 15.7. The van der Waals surface area contributed by atoms with Crippen LogP contribution in [0.15, 0.2) is 30.6 Å². The Morgan fingerprint density at radius 3 is 2.77 bits per heavy atom. The Morgan fingerprint density at radius 1 is 1.32 bits per heavy atom. The van der Waals surface area contributed by atoms with Crippen LogP contribution in [0.25, 0.3) is 11.3 Å². The highest BCUT2D eigenvalue weighted by molar-refractivity contribution is 7.27. The van der Waals surface area contributed by atoms with Gasteiger partial charge < -0.3 is 4.90 Å². The summed E-state index contributed by atoms with van der Waals surface area (Å²) in [5.41, 5.74) is 3.16. The van der Waals surface area contributed by atoms with Crippen LogP contribution in [0, 0.1) is 0 Å². The maximum Gasteiger partial charge on any atom is 0.142 e. The van der Waals surface area contributed by atoms with Crippen LogP contribution >= 0.6 is 18.5 Å². The monoisotopic (exact) mass is 335 g/mol. The fraction of sp³-hybridized carbons (Fsp3) is 0.375. The lowest BCUT2D eigenvalue weighted by Crippen LogP contribution is -2.26. The summed E-state index contributed by atoms with van der Waals surface area (Å²) in [7, 11) is 5.06. The van der Waals surface area contributed by atoms with Gasteiger partial charge in [0.25, 0.3) is 0 Å². The smallest absolute Gasteiger partial charge is 0.142 e. The average molecular weight is 335 g/mol. The molecule has 3 rings (SSSR count). The van der Waals surface area contributed by atoms with E-state index >= 15 is 0 Å². The first kappa shape index (κ1) is 15.8. The molecule has 0 amide bonds. The molecule has 0 radical (unpaired) electrons. The molecule has 3 heterocycles. The van der Waals surface area contributed by atoms with E-state index in [0.717, 1.165) is 34.4 Å². The van der Waals surface area contributed by atoms with Gasteiger partial charge in [0.05, 0.1) is 12.2 Å².